The summed E-state index contributed by atoms with van der Waals surface area (Å²) in [5.41, 5.74) is 14.2. The molecule has 3 aromatic carbocycles. The Labute approximate surface area is 368 Å². The average Bonchev–Trinajstić information content (AvgIpc) is 4.02. The van der Waals surface area contributed by atoms with Crippen molar-refractivity contribution in [3.8, 4) is 34.1 Å². The summed E-state index contributed by atoms with van der Waals surface area (Å²) >= 11 is 3.19. The molecule has 2 amide bonds. The standard InChI is InChI=1S/C46H49N11O3S2/c1-4-24-61-46-52-44(51-19-18-47)43-45(53-46)57(55-54-43)29-32-8-6-31(7-9-32)11-16-41(58)49-20-22-60-23-21-50-42(59)17-12-34-26-40(62-30-34)35-13-14-36-37-25-33(28-48-3)10-15-38(37)56(5-2)39(36)27-35/h6-10,13-15,25-27,30,48H,4-5,18-24,28-29,47H2,1-3H3,(H,49,58)(H,50,59)(H,51,52,53). The van der Waals surface area contributed by atoms with E-state index in [2.05, 4.69) is 115 Å². The number of ether oxygens (including phenoxy) is 1. The number of carbonyl (C=O) groups excluding carboxylic acids is 2. The van der Waals surface area contributed by atoms with E-state index in [4.69, 9.17) is 15.5 Å². The smallest absolute Gasteiger partial charge is 0.296 e. The summed E-state index contributed by atoms with van der Waals surface area (Å²) in [6, 6.07) is 22.9. The Morgan fingerprint density at radius 3 is 2.34 bits per heavy atom. The topological polar surface area (TPSA) is 179 Å². The van der Waals surface area contributed by atoms with Crippen molar-refractivity contribution < 1.29 is 14.3 Å². The van der Waals surface area contributed by atoms with E-state index in [0.717, 1.165) is 46.8 Å². The second kappa shape index (κ2) is 21.5. The molecule has 0 aliphatic heterocycles. The van der Waals surface area contributed by atoms with Gasteiger partial charge in [-0.15, -0.1) is 16.4 Å². The first kappa shape index (κ1) is 43.8. The first-order chi connectivity index (χ1) is 30.4. The van der Waals surface area contributed by atoms with Gasteiger partial charge < -0.3 is 36.3 Å². The third-order valence-corrected chi connectivity index (χ3v) is 11.7. The Kier molecular flexibility index (Phi) is 15.2. The summed E-state index contributed by atoms with van der Waals surface area (Å²) < 4.78 is 9.67. The zero-order chi connectivity index (χ0) is 43.3. The maximum Gasteiger partial charge on any atom is 0.296 e. The number of hydrogen-bond donors (Lipinski definition) is 5. The molecule has 62 heavy (non-hydrogen) atoms. The van der Waals surface area contributed by atoms with E-state index in [0.29, 0.717) is 53.9 Å². The number of amides is 2. The molecule has 0 saturated carbocycles. The van der Waals surface area contributed by atoms with Crippen LogP contribution in [0.15, 0.2) is 77.3 Å². The number of rotatable bonds is 18. The van der Waals surface area contributed by atoms with Crippen molar-refractivity contribution in [2.45, 2.75) is 45.1 Å². The zero-order valence-electron chi connectivity index (χ0n) is 35.0. The third kappa shape index (κ3) is 11.0. The van der Waals surface area contributed by atoms with Crippen molar-refractivity contribution in [1.82, 2.24) is 45.5 Å². The van der Waals surface area contributed by atoms with Crippen molar-refractivity contribution in [2.24, 2.45) is 5.73 Å². The first-order valence-corrected chi connectivity index (χ1v) is 22.5. The van der Waals surface area contributed by atoms with E-state index < -0.39 is 5.91 Å². The number of nitrogens with zero attached hydrogens (tertiary/aromatic N) is 6. The number of thioether (sulfide) groups is 1. The van der Waals surface area contributed by atoms with Crippen LogP contribution in [0.5, 0.6) is 0 Å². The summed E-state index contributed by atoms with van der Waals surface area (Å²) in [6.07, 6.45) is 1.00. The molecule has 0 spiro atoms. The van der Waals surface area contributed by atoms with Gasteiger partial charge in [0.1, 0.15) is 0 Å². The number of thiophene rings is 1. The molecular weight excluding hydrogens is 819 g/mol. The second-order valence-corrected chi connectivity index (χ2v) is 16.2. The highest BCUT2D eigenvalue weighted by Gasteiger charge is 2.16. The normalized spacial score (nSPS) is 11.0. The summed E-state index contributed by atoms with van der Waals surface area (Å²) in [5, 5.41) is 25.8. The van der Waals surface area contributed by atoms with Crippen LogP contribution >= 0.6 is 23.1 Å². The Hall–Kier alpha value is -6.27. The van der Waals surface area contributed by atoms with Crippen LogP contribution in [0.25, 0.3) is 43.4 Å². The van der Waals surface area contributed by atoms with Gasteiger partial charge in [0, 0.05) is 100 Å². The van der Waals surface area contributed by atoms with Gasteiger partial charge in [0.25, 0.3) is 11.8 Å². The van der Waals surface area contributed by atoms with E-state index in [9.17, 15) is 9.59 Å². The van der Waals surface area contributed by atoms with E-state index in [-0.39, 0.29) is 25.7 Å². The van der Waals surface area contributed by atoms with Gasteiger partial charge in [0.2, 0.25) is 0 Å². The van der Waals surface area contributed by atoms with Crippen LogP contribution in [-0.4, -0.2) is 93.5 Å². The van der Waals surface area contributed by atoms with Crippen LogP contribution in [-0.2, 0) is 34.0 Å². The Bertz CT molecular complexity index is 2810. The number of aryl methyl sites for hydroxylation is 1. The van der Waals surface area contributed by atoms with Gasteiger partial charge in [-0.05, 0) is 73.5 Å². The molecule has 7 aromatic rings. The van der Waals surface area contributed by atoms with Gasteiger partial charge in [0.15, 0.2) is 22.1 Å². The molecule has 0 saturated heterocycles. The molecule has 7 rings (SSSR count). The fourth-order valence-electron chi connectivity index (χ4n) is 6.81. The SMILES string of the molecule is CCCSc1nc(NCCN)c2nnn(Cc3ccc(C#CC(=O)NCCOCCNC(=O)C#Cc4csc(-c5ccc6c7cc(CNC)ccc7n(CC)c6c5)c4)cc3)c2n1. The highest BCUT2D eigenvalue weighted by Crippen LogP contribution is 2.35. The predicted molar refractivity (Wildman–Crippen MR) is 249 cm³/mol. The molecule has 4 heterocycles. The monoisotopic (exact) mass is 867 g/mol. The van der Waals surface area contributed by atoms with Crippen LogP contribution in [0.2, 0.25) is 0 Å². The van der Waals surface area contributed by atoms with Gasteiger partial charge in [-0.3, -0.25) is 9.59 Å². The lowest BCUT2D eigenvalue weighted by molar-refractivity contribution is -0.116. The Morgan fingerprint density at radius 2 is 1.61 bits per heavy atom. The van der Waals surface area contributed by atoms with E-state index in [1.54, 1.807) is 27.8 Å². The minimum Gasteiger partial charge on any atom is -0.378 e. The molecule has 0 unspecified atom stereocenters. The maximum absolute atomic E-state index is 12.4. The van der Waals surface area contributed by atoms with Crippen LogP contribution in [0.4, 0.5) is 5.82 Å². The van der Waals surface area contributed by atoms with Crippen LogP contribution in [0, 0.1) is 23.7 Å². The van der Waals surface area contributed by atoms with E-state index >= 15 is 0 Å². The van der Waals surface area contributed by atoms with Crippen LogP contribution in [0.1, 0.15) is 42.5 Å². The number of nitrogens with one attached hydrogen (secondary N) is 4. The Morgan fingerprint density at radius 1 is 0.855 bits per heavy atom. The molecule has 0 bridgehead atoms. The minimum atomic E-state index is -0.411. The number of fused-ring (bicyclic) bond motifs is 4. The van der Waals surface area contributed by atoms with Crippen LogP contribution in [0.3, 0.4) is 0 Å². The molecule has 14 nitrogen and oxygen atoms in total. The number of benzene rings is 3. The average molecular weight is 868 g/mol. The highest BCUT2D eigenvalue weighted by molar-refractivity contribution is 7.99. The Balaban J connectivity index is 0.821. The molecule has 0 fully saturated rings. The molecule has 0 aliphatic rings. The molecule has 6 N–H and O–H groups in total. The van der Waals surface area contributed by atoms with Crippen molar-refractivity contribution in [1.29, 1.82) is 0 Å². The number of anilines is 1. The molecular formula is C46H49N11O3S2. The van der Waals surface area contributed by atoms with E-state index in [1.165, 1.54) is 27.4 Å². The highest BCUT2D eigenvalue weighted by atomic mass is 32.2. The minimum absolute atomic E-state index is 0.273. The second-order valence-electron chi connectivity index (χ2n) is 14.2. The number of carbonyl (C=O) groups is 2. The lowest BCUT2D eigenvalue weighted by Gasteiger charge is -2.08. The van der Waals surface area contributed by atoms with Gasteiger partial charge in [-0.1, -0.05) is 66.1 Å². The lowest BCUT2D eigenvalue weighted by Crippen LogP contribution is -2.29. The number of nitrogens with two attached hydrogens (primary N) is 1. The molecule has 0 aliphatic carbocycles. The summed E-state index contributed by atoms with van der Waals surface area (Å²) in [7, 11) is 1.96. The number of hydrogen-bond acceptors (Lipinski definition) is 12. The van der Waals surface area contributed by atoms with Crippen molar-refractivity contribution in [2.75, 3.05) is 57.5 Å². The first-order valence-electron chi connectivity index (χ1n) is 20.6. The molecule has 318 valence electrons. The fraction of sp³-hybridized carbons (Fsp3) is 0.304. The molecule has 16 heteroatoms. The van der Waals surface area contributed by atoms with Crippen LogP contribution < -0.4 is 27.0 Å². The lowest BCUT2D eigenvalue weighted by atomic mass is 10.1. The quantitative estimate of drug-likeness (QED) is 0.0324. The predicted octanol–water partition coefficient (Wildman–Crippen LogP) is 5.37. The molecule has 4 aromatic heterocycles. The molecule has 0 radical (unpaired) electrons. The fourth-order valence-corrected chi connectivity index (χ4v) is 8.34. The van der Waals surface area contributed by atoms with Gasteiger partial charge in [-0.25, -0.2) is 14.6 Å². The number of aromatic nitrogens is 6. The molecule has 0 atom stereocenters. The summed E-state index contributed by atoms with van der Waals surface area (Å²) in [5.74, 6) is 11.9. The third-order valence-electron chi connectivity index (χ3n) is 9.72. The zero-order valence-corrected chi connectivity index (χ0v) is 36.6. The van der Waals surface area contributed by atoms with Gasteiger partial charge in [0.05, 0.1) is 19.8 Å². The largest absolute Gasteiger partial charge is 0.378 e. The van der Waals surface area contributed by atoms with Gasteiger partial charge >= 0.3 is 0 Å². The van der Waals surface area contributed by atoms with Crippen molar-refractivity contribution >= 4 is 73.7 Å². The summed E-state index contributed by atoms with van der Waals surface area (Å²) in [6.45, 7) is 8.59. The maximum atomic E-state index is 12.4. The van der Waals surface area contributed by atoms with Crippen molar-refractivity contribution in [3.63, 3.8) is 0 Å². The van der Waals surface area contributed by atoms with Crippen molar-refractivity contribution in [3.05, 3.63) is 94.4 Å². The van der Waals surface area contributed by atoms with E-state index in [1.807, 2.05) is 42.8 Å². The summed E-state index contributed by atoms with van der Waals surface area (Å²) in [4.78, 5) is 35.2. The van der Waals surface area contributed by atoms with Gasteiger partial charge in [-0.2, -0.15) is 0 Å².